The van der Waals surface area contributed by atoms with Crippen molar-refractivity contribution < 1.29 is 4.79 Å². The first kappa shape index (κ1) is 11.5. The highest BCUT2D eigenvalue weighted by Crippen LogP contribution is 2.26. The number of benzene rings is 1. The van der Waals surface area contributed by atoms with Crippen molar-refractivity contribution in [2.45, 2.75) is 31.6 Å². The molecule has 1 amide bonds. The highest BCUT2D eigenvalue weighted by molar-refractivity contribution is 8.00. The van der Waals surface area contributed by atoms with E-state index < -0.39 is 0 Å². The molecular weight excluding hydrogens is 218 g/mol. The van der Waals surface area contributed by atoms with E-state index in [0.29, 0.717) is 6.54 Å². The highest BCUT2D eigenvalue weighted by atomic mass is 32.2. The van der Waals surface area contributed by atoms with Crippen LogP contribution >= 0.6 is 11.8 Å². The minimum atomic E-state index is 0.186. The predicted octanol–water partition coefficient (Wildman–Crippen LogP) is 2.51. The number of carbonyl (C=O) groups is 1. The Kier molecular flexibility index (Phi) is 3.88. The van der Waals surface area contributed by atoms with Crippen LogP contribution in [-0.4, -0.2) is 16.9 Å². The van der Waals surface area contributed by atoms with E-state index >= 15 is 0 Å². The van der Waals surface area contributed by atoms with E-state index in [0.717, 1.165) is 12.2 Å². The number of nitrogens with one attached hydrogen (secondary N) is 1. The van der Waals surface area contributed by atoms with E-state index in [1.54, 1.807) is 11.8 Å². The molecule has 0 bridgehead atoms. The zero-order valence-corrected chi connectivity index (χ0v) is 10.3. The summed E-state index contributed by atoms with van der Waals surface area (Å²) in [4.78, 5) is 11.8. The molecule has 1 aliphatic rings. The van der Waals surface area contributed by atoms with Crippen molar-refractivity contribution in [2.75, 3.05) is 5.75 Å². The Labute approximate surface area is 101 Å². The third-order valence-electron chi connectivity index (χ3n) is 2.81. The summed E-state index contributed by atoms with van der Waals surface area (Å²) in [6.45, 7) is 2.72. The molecule has 3 heteroatoms. The summed E-state index contributed by atoms with van der Waals surface area (Å²) in [7, 11) is 0. The van der Waals surface area contributed by atoms with E-state index in [2.05, 4.69) is 36.5 Å². The summed E-state index contributed by atoms with van der Waals surface area (Å²) in [6, 6.07) is 8.28. The largest absolute Gasteiger partial charge is 0.351 e. The standard InChI is InChI=1S/C13H17NOS/c1-10-4-6-11(7-5-10)9-14-13(15)12-3-2-8-16-12/h4-7,12H,2-3,8-9H2,1H3,(H,14,15). The maximum Gasteiger partial charge on any atom is 0.233 e. The molecule has 1 fully saturated rings. The zero-order chi connectivity index (χ0) is 11.4. The van der Waals surface area contributed by atoms with Gasteiger partial charge in [0.25, 0.3) is 0 Å². The van der Waals surface area contributed by atoms with Crippen LogP contribution in [0.15, 0.2) is 24.3 Å². The van der Waals surface area contributed by atoms with Gasteiger partial charge in [-0.15, -0.1) is 11.8 Å². The lowest BCUT2D eigenvalue weighted by Crippen LogP contribution is -2.30. The summed E-state index contributed by atoms with van der Waals surface area (Å²) in [5.41, 5.74) is 2.42. The third kappa shape index (κ3) is 3.01. The second kappa shape index (κ2) is 5.39. The Morgan fingerprint density at radius 1 is 1.44 bits per heavy atom. The Hall–Kier alpha value is -0.960. The lowest BCUT2D eigenvalue weighted by Gasteiger charge is -2.09. The average molecular weight is 235 g/mol. The number of hydrogen-bond acceptors (Lipinski definition) is 2. The summed E-state index contributed by atoms with van der Waals surface area (Å²) in [5.74, 6) is 1.32. The molecule has 1 aromatic rings. The third-order valence-corrected chi connectivity index (χ3v) is 4.19. The van der Waals surface area contributed by atoms with Gasteiger partial charge in [-0.25, -0.2) is 0 Å². The van der Waals surface area contributed by atoms with Gasteiger partial charge in [0.2, 0.25) is 5.91 Å². The molecule has 1 atom stereocenters. The summed E-state index contributed by atoms with van der Waals surface area (Å²) >= 11 is 1.78. The molecular formula is C13H17NOS. The van der Waals surface area contributed by atoms with Crippen molar-refractivity contribution in [2.24, 2.45) is 0 Å². The summed E-state index contributed by atoms with van der Waals surface area (Å²) in [5, 5.41) is 3.19. The van der Waals surface area contributed by atoms with Crippen LogP contribution in [0.4, 0.5) is 0 Å². The van der Waals surface area contributed by atoms with Crippen molar-refractivity contribution in [1.29, 1.82) is 0 Å². The Balaban J connectivity index is 1.82. The van der Waals surface area contributed by atoms with Gasteiger partial charge in [-0.05, 0) is 31.1 Å². The maximum atomic E-state index is 11.8. The topological polar surface area (TPSA) is 29.1 Å². The molecule has 0 saturated carbocycles. The number of rotatable bonds is 3. The van der Waals surface area contributed by atoms with Gasteiger partial charge in [0.1, 0.15) is 0 Å². The van der Waals surface area contributed by atoms with Crippen molar-refractivity contribution in [1.82, 2.24) is 5.32 Å². The van der Waals surface area contributed by atoms with Crippen LogP contribution in [0.5, 0.6) is 0 Å². The van der Waals surface area contributed by atoms with E-state index in [1.807, 2.05) is 0 Å². The van der Waals surface area contributed by atoms with Gasteiger partial charge in [0, 0.05) is 6.54 Å². The molecule has 1 heterocycles. The van der Waals surface area contributed by atoms with Gasteiger partial charge in [0.05, 0.1) is 5.25 Å². The van der Waals surface area contributed by atoms with Crippen molar-refractivity contribution in [3.8, 4) is 0 Å². The van der Waals surface area contributed by atoms with Gasteiger partial charge in [-0.3, -0.25) is 4.79 Å². The van der Waals surface area contributed by atoms with E-state index in [9.17, 15) is 4.79 Å². The van der Waals surface area contributed by atoms with E-state index in [-0.39, 0.29) is 11.2 Å². The van der Waals surface area contributed by atoms with Crippen LogP contribution in [0.1, 0.15) is 24.0 Å². The Morgan fingerprint density at radius 3 is 2.81 bits per heavy atom. The van der Waals surface area contributed by atoms with E-state index in [1.165, 1.54) is 17.5 Å². The molecule has 1 aromatic carbocycles. The zero-order valence-electron chi connectivity index (χ0n) is 9.53. The lowest BCUT2D eigenvalue weighted by molar-refractivity contribution is -0.120. The molecule has 1 aliphatic heterocycles. The number of thioether (sulfide) groups is 1. The van der Waals surface area contributed by atoms with Gasteiger partial charge in [0.15, 0.2) is 0 Å². The Bertz CT molecular complexity index is 355. The van der Waals surface area contributed by atoms with Gasteiger partial charge >= 0.3 is 0 Å². The molecule has 16 heavy (non-hydrogen) atoms. The number of amides is 1. The summed E-state index contributed by atoms with van der Waals surface area (Å²) in [6.07, 6.45) is 2.21. The smallest absolute Gasteiger partial charge is 0.233 e. The average Bonchev–Trinajstić information content (AvgIpc) is 2.81. The van der Waals surface area contributed by atoms with Gasteiger partial charge in [-0.1, -0.05) is 29.8 Å². The van der Waals surface area contributed by atoms with Crippen LogP contribution < -0.4 is 5.32 Å². The fourth-order valence-corrected chi connectivity index (χ4v) is 2.98. The molecule has 0 aromatic heterocycles. The Morgan fingerprint density at radius 2 is 2.19 bits per heavy atom. The molecule has 2 rings (SSSR count). The van der Waals surface area contributed by atoms with Crippen LogP contribution in [0.2, 0.25) is 0 Å². The predicted molar refractivity (Wildman–Crippen MR) is 68.5 cm³/mol. The second-order valence-corrected chi connectivity index (χ2v) is 5.52. The van der Waals surface area contributed by atoms with Crippen LogP contribution in [0.25, 0.3) is 0 Å². The first-order valence-electron chi connectivity index (χ1n) is 5.70. The lowest BCUT2D eigenvalue weighted by atomic mass is 10.1. The first-order chi connectivity index (χ1) is 7.75. The van der Waals surface area contributed by atoms with E-state index in [4.69, 9.17) is 0 Å². The second-order valence-electron chi connectivity index (χ2n) is 4.21. The molecule has 86 valence electrons. The normalized spacial score (nSPS) is 19.7. The van der Waals surface area contributed by atoms with Gasteiger partial charge in [-0.2, -0.15) is 0 Å². The molecule has 1 N–H and O–H groups in total. The maximum absolute atomic E-state index is 11.8. The molecule has 0 radical (unpaired) electrons. The molecule has 0 aliphatic carbocycles. The van der Waals surface area contributed by atoms with Crippen molar-refractivity contribution in [3.63, 3.8) is 0 Å². The monoisotopic (exact) mass is 235 g/mol. The minimum Gasteiger partial charge on any atom is -0.351 e. The number of aryl methyl sites for hydroxylation is 1. The van der Waals surface area contributed by atoms with Crippen LogP contribution in [0.3, 0.4) is 0 Å². The van der Waals surface area contributed by atoms with Gasteiger partial charge < -0.3 is 5.32 Å². The molecule has 0 spiro atoms. The fourth-order valence-electron chi connectivity index (χ4n) is 1.79. The number of carbonyl (C=O) groups excluding carboxylic acids is 1. The van der Waals surface area contributed by atoms with Crippen LogP contribution in [0, 0.1) is 6.92 Å². The molecule has 1 saturated heterocycles. The molecule has 2 nitrogen and oxygen atoms in total. The summed E-state index contributed by atoms with van der Waals surface area (Å²) < 4.78 is 0. The highest BCUT2D eigenvalue weighted by Gasteiger charge is 2.22. The minimum absolute atomic E-state index is 0.186. The van der Waals surface area contributed by atoms with Crippen LogP contribution in [-0.2, 0) is 11.3 Å². The number of hydrogen-bond donors (Lipinski definition) is 1. The van der Waals surface area contributed by atoms with Crippen molar-refractivity contribution >= 4 is 17.7 Å². The van der Waals surface area contributed by atoms with Crippen molar-refractivity contribution in [3.05, 3.63) is 35.4 Å². The molecule has 1 unspecified atom stereocenters. The SMILES string of the molecule is Cc1ccc(CNC(=O)C2CCCS2)cc1. The quantitative estimate of drug-likeness (QED) is 0.872. The first-order valence-corrected chi connectivity index (χ1v) is 6.75. The fraction of sp³-hybridized carbons (Fsp3) is 0.462.